The predicted octanol–water partition coefficient (Wildman–Crippen LogP) is 11.7. The summed E-state index contributed by atoms with van der Waals surface area (Å²) in [5.74, 6) is 0.155. The average molecular weight is 816 g/mol. The first-order valence-electron chi connectivity index (χ1n) is 20.4. The third-order valence-electron chi connectivity index (χ3n) is 8.80. The fourth-order valence-corrected chi connectivity index (χ4v) is 5.97. The largest absolute Gasteiger partial charge is 0.478 e. The summed E-state index contributed by atoms with van der Waals surface area (Å²) in [4.78, 5) is 39.7. The Labute approximate surface area is 353 Å². The summed E-state index contributed by atoms with van der Waals surface area (Å²) >= 11 is 6.27. The van der Waals surface area contributed by atoms with E-state index >= 15 is 0 Å². The summed E-state index contributed by atoms with van der Waals surface area (Å²) in [5, 5.41) is 25.5. The number of ether oxygens (including phenoxy) is 1. The van der Waals surface area contributed by atoms with Gasteiger partial charge in [0.1, 0.15) is 17.3 Å². The van der Waals surface area contributed by atoms with Crippen LogP contribution in [0.5, 0.6) is 11.5 Å². The first-order chi connectivity index (χ1) is 27.7. The molecule has 2 atom stereocenters. The van der Waals surface area contributed by atoms with Gasteiger partial charge in [0.2, 0.25) is 11.8 Å². The van der Waals surface area contributed by atoms with Crippen molar-refractivity contribution in [2.75, 3.05) is 6.54 Å². The van der Waals surface area contributed by atoms with Crippen molar-refractivity contribution in [1.82, 2.24) is 15.5 Å². The first-order valence-corrected chi connectivity index (χ1v) is 20.8. The molecule has 0 bridgehead atoms. The predicted molar refractivity (Wildman–Crippen MR) is 242 cm³/mol. The molecule has 0 saturated carbocycles. The van der Waals surface area contributed by atoms with E-state index in [4.69, 9.17) is 16.3 Å². The second kappa shape index (κ2) is 28.3. The van der Waals surface area contributed by atoms with Crippen LogP contribution in [0, 0.1) is 11.3 Å². The Hall–Kier alpha value is -5.15. The van der Waals surface area contributed by atoms with E-state index in [2.05, 4.69) is 31.1 Å². The van der Waals surface area contributed by atoms with Gasteiger partial charge in [-0.1, -0.05) is 95.5 Å². The number of aryl methyl sites for hydroxylation is 1. The second-order valence-electron chi connectivity index (χ2n) is 14.2. The Morgan fingerprint density at radius 2 is 1.50 bits per heavy atom. The SMILES string of the molecule is C/C=C(\C)CC(CC(=O)NC(Cc1ccc(Oc2ccc(C(=O)O)cc2)cc1)C(=N)N(/C=C/c1ccc(Cl)cc1CC)CCCC)NC(=O)CC(C)C.C=CC.CC. The minimum absolute atomic E-state index is 0.0711. The number of nitrogens with one attached hydrogen (secondary N) is 3. The van der Waals surface area contributed by atoms with Crippen molar-refractivity contribution >= 4 is 41.3 Å². The topological polar surface area (TPSA) is 132 Å². The molecule has 0 saturated heterocycles. The minimum Gasteiger partial charge on any atom is -0.478 e. The summed E-state index contributed by atoms with van der Waals surface area (Å²) in [6.07, 6.45) is 11.6. The molecule has 3 rings (SSSR count). The maximum atomic E-state index is 13.8. The number of carboxylic acids is 1. The van der Waals surface area contributed by atoms with E-state index in [9.17, 15) is 24.9 Å². The Bertz CT molecular complexity index is 1780. The molecule has 0 radical (unpaired) electrons. The van der Waals surface area contributed by atoms with Gasteiger partial charge in [-0.2, -0.15) is 0 Å². The van der Waals surface area contributed by atoms with E-state index in [1.165, 1.54) is 12.1 Å². The number of carbonyl (C=O) groups is 3. The van der Waals surface area contributed by atoms with E-state index in [1.807, 2.05) is 114 Å². The molecular weight excluding hydrogens is 748 g/mol. The zero-order valence-electron chi connectivity index (χ0n) is 36.2. The average Bonchev–Trinajstić information content (AvgIpc) is 3.19. The third kappa shape index (κ3) is 19.3. The van der Waals surface area contributed by atoms with Gasteiger partial charge in [-0.3, -0.25) is 15.0 Å². The summed E-state index contributed by atoms with van der Waals surface area (Å²) in [6.45, 7) is 21.9. The molecule has 4 N–H and O–H groups in total. The van der Waals surface area contributed by atoms with Crippen LogP contribution in [0.15, 0.2) is 97.2 Å². The van der Waals surface area contributed by atoms with Crippen LogP contribution in [0.4, 0.5) is 0 Å². The Morgan fingerprint density at radius 3 is 2.03 bits per heavy atom. The van der Waals surface area contributed by atoms with Crippen molar-refractivity contribution in [2.24, 2.45) is 5.92 Å². The van der Waals surface area contributed by atoms with Crippen LogP contribution >= 0.6 is 11.6 Å². The molecule has 316 valence electrons. The van der Waals surface area contributed by atoms with E-state index in [0.29, 0.717) is 42.3 Å². The number of aromatic carboxylic acids is 1. The van der Waals surface area contributed by atoms with Crippen LogP contribution in [-0.2, 0) is 22.4 Å². The Morgan fingerprint density at radius 1 is 0.914 bits per heavy atom. The van der Waals surface area contributed by atoms with E-state index in [1.54, 1.807) is 18.2 Å². The smallest absolute Gasteiger partial charge is 0.335 e. The van der Waals surface area contributed by atoms with Gasteiger partial charge in [0.15, 0.2) is 0 Å². The number of unbranched alkanes of at least 4 members (excludes halogenated alkanes) is 1. The van der Waals surface area contributed by atoms with Gasteiger partial charge in [0.05, 0.1) is 11.6 Å². The number of hydrogen-bond acceptors (Lipinski definition) is 5. The van der Waals surface area contributed by atoms with Crippen LogP contribution in [0.1, 0.15) is 121 Å². The van der Waals surface area contributed by atoms with Crippen molar-refractivity contribution in [2.45, 2.75) is 119 Å². The standard InChI is InChI=1S/C43H55ClN4O5.C3H6.C2H6/c1-7-10-22-48(23-21-33-13-16-35(44)27-32(33)9-3)42(45)39(47-41(50)28-36(25-30(6)8-2)46-40(49)24-29(4)5)26-31-11-17-37(18-12-31)53-38-19-14-34(15-20-38)43(51)52;1-3-2;1-2/h8,11-21,23,27,29,36,39,45H,7,9-10,22,24-26,28H2,1-6H3,(H,46,49)(H,47,50)(H,51,52);3H,1H2,2H3;1-2H3/b23-21+,30-8+,45-42?;;. The van der Waals surface area contributed by atoms with Crippen LogP contribution in [-0.4, -0.2) is 52.3 Å². The maximum absolute atomic E-state index is 13.8. The number of carbonyl (C=O) groups excluding carboxylic acids is 2. The number of amides is 2. The molecule has 0 aromatic heterocycles. The summed E-state index contributed by atoms with van der Waals surface area (Å²) < 4.78 is 5.94. The highest BCUT2D eigenvalue weighted by molar-refractivity contribution is 6.30. The van der Waals surface area contributed by atoms with Gasteiger partial charge in [0, 0.05) is 36.7 Å². The minimum atomic E-state index is -1.01. The molecule has 0 aliphatic heterocycles. The molecule has 3 aromatic carbocycles. The molecular formula is C48H67ClN4O5. The number of halogens is 1. The highest BCUT2D eigenvalue weighted by Crippen LogP contribution is 2.24. The summed E-state index contributed by atoms with van der Waals surface area (Å²) in [5.41, 5.74) is 4.24. The molecule has 0 spiro atoms. The molecule has 0 fully saturated rings. The number of allylic oxidation sites excluding steroid dienone is 2. The van der Waals surface area contributed by atoms with Crippen molar-refractivity contribution < 1.29 is 24.2 Å². The lowest BCUT2D eigenvalue weighted by Gasteiger charge is -2.29. The van der Waals surface area contributed by atoms with Crippen LogP contribution in [0.3, 0.4) is 0 Å². The Balaban J connectivity index is 0.00000321. The number of benzene rings is 3. The highest BCUT2D eigenvalue weighted by atomic mass is 35.5. The fraction of sp³-hybridized carbons (Fsp3) is 0.417. The molecule has 0 heterocycles. The highest BCUT2D eigenvalue weighted by Gasteiger charge is 2.25. The van der Waals surface area contributed by atoms with Crippen molar-refractivity contribution in [1.29, 1.82) is 5.41 Å². The summed E-state index contributed by atoms with van der Waals surface area (Å²) in [6, 6.07) is 18.3. The van der Waals surface area contributed by atoms with Gasteiger partial charge in [0.25, 0.3) is 0 Å². The molecule has 2 unspecified atom stereocenters. The van der Waals surface area contributed by atoms with Crippen LogP contribution < -0.4 is 15.4 Å². The maximum Gasteiger partial charge on any atom is 0.335 e. The third-order valence-corrected chi connectivity index (χ3v) is 9.03. The van der Waals surface area contributed by atoms with Gasteiger partial charge in [-0.05, 0) is 124 Å². The van der Waals surface area contributed by atoms with Crippen molar-refractivity contribution in [3.8, 4) is 11.5 Å². The zero-order chi connectivity index (χ0) is 43.6. The molecule has 0 aliphatic rings. The second-order valence-corrected chi connectivity index (χ2v) is 14.6. The molecule has 0 aliphatic carbocycles. The first kappa shape index (κ1) is 50.9. The zero-order valence-corrected chi connectivity index (χ0v) is 36.9. The van der Waals surface area contributed by atoms with Gasteiger partial charge in [-0.25, -0.2) is 4.79 Å². The lowest BCUT2D eigenvalue weighted by Crippen LogP contribution is -2.49. The Kier molecular flexibility index (Phi) is 24.8. The monoisotopic (exact) mass is 814 g/mol. The van der Waals surface area contributed by atoms with Crippen molar-refractivity contribution in [3.05, 3.63) is 125 Å². The lowest BCUT2D eigenvalue weighted by atomic mass is 10.0. The number of rotatable bonds is 20. The van der Waals surface area contributed by atoms with Crippen molar-refractivity contribution in [3.63, 3.8) is 0 Å². The van der Waals surface area contributed by atoms with E-state index in [-0.39, 0.29) is 41.6 Å². The van der Waals surface area contributed by atoms with Gasteiger partial charge < -0.3 is 25.4 Å². The molecule has 58 heavy (non-hydrogen) atoms. The number of nitrogens with zero attached hydrogens (tertiary/aromatic N) is 1. The van der Waals surface area contributed by atoms with Crippen LogP contribution in [0.25, 0.3) is 6.08 Å². The molecule has 3 aromatic rings. The van der Waals surface area contributed by atoms with Gasteiger partial charge in [-0.15, -0.1) is 6.58 Å². The van der Waals surface area contributed by atoms with Crippen LogP contribution in [0.2, 0.25) is 5.02 Å². The lowest BCUT2D eigenvalue weighted by molar-refractivity contribution is -0.124. The normalized spacial score (nSPS) is 11.9. The van der Waals surface area contributed by atoms with E-state index < -0.39 is 12.0 Å². The quantitative estimate of drug-likeness (QED) is 0.0510. The summed E-state index contributed by atoms with van der Waals surface area (Å²) in [7, 11) is 0. The molecule has 10 heteroatoms. The van der Waals surface area contributed by atoms with Gasteiger partial charge >= 0.3 is 5.97 Å². The molecule has 2 amide bonds. The number of carboxylic acid groups (broad SMARTS) is 1. The number of amidine groups is 1. The molecule has 9 nitrogen and oxygen atoms in total. The van der Waals surface area contributed by atoms with E-state index in [0.717, 1.165) is 41.5 Å². The number of hydrogen-bond donors (Lipinski definition) is 4. The fourth-order valence-electron chi connectivity index (χ4n) is 5.78.